The van der Waals surface area contributed by atoms with Crippen LogP contribution in [0.25, 0.3) is 111 Å². The molecule has 16 rings (SSSR count). The molecule has 0 spiro atoms. The SMILES string of the molecule is CO.CO.Cc1ccc2c(n1)oc1c(-c3cc(-c4ccc(C5CCCC5)cc4)ccn3)[c-]ccc12.Cc1ccc2c(n1)oc1c(-c3cc(-c4ccc(C5CCCC5)cc4)ccn3)cccc12.O=S(=O)([O-])C(F)(F)F.[2H]C([2H])([2H])c1ccc(-c2[c-]cccc2)nc1.[2H]C([2H])([2H])c1ccc(-c2[c-]cccc2)nc1.[Ir].[Ir]. The molecule has 2 aliphatic carbocycles. The summed E-state index contributed by atoms with van der Waals surface area (Å²) in [4.78, 5) is 26.7. The number of fused-ring (bicyclic) bond motifs is 6. The number of aryl methyl sites for hydroxylation is 4. The normalized spacial score (nSPS) is 13.7. The van der Waals surface area contributed by atoms with Crippen LogP contribution >= 0.6 is 0 Å². The summed E-state index contributed by atoms with van der Waals surface area (Å²) < 4.78 is 115. The Morgan fingerprint density at radius 1 is 0.480 bits per heavy atom. The van der Waals surface area contributed by atoms with E-state index in [2.05, 4.69) is 151 Å². The number of hydrogen-bond acceptors (Lipinski definition) is 13. The molecule has 0 aliphatic heterocycles. The van der Waals surface area contributed by atoms with Crippen LogP contribution in [0, 0.1) is 45.8 Å². The predicted molar refractivity (Wildman–Crippen MR) is 390 cm³/mol. The molecule has 8 aromatic heterocycles. The van der Waals surface area contributed by atoms with Gasteiger partial charge in [-0.15, -0.1) is 90.0 Å². The first-order valence-electron chi connectivity index (χ1n) is 35.3. The third-order valence-electron chi connectivity index (χ3n) is 16.9. The van der Waals surface area contributed by atoms with Crippen molar-refractivity contribution < 1.29 is 93.6 Å². The first kappa shape index (κ1) is 69.8. The number of benzene rings is 6. The van der Waals surface area contributed by atoms with Crippen molar-refractivity contribution in [3.63, 3.8) is 0 Å². The zero-order valence-corrected chi connectivity index (χ0v) is 61.6. The fraction of sp³-hybridized carbons (Fsp3) is 0.205. The van der Waals surface area contributed by atoms with Crippen LogP contribution in [0.15, 0.2) is 234 Å². The van der Waals surface area contributed by atoms with Crippen molar-refractivity contribution in [1.29, 1.82) is 0 Å². The molecule has 2 saturated carbocycles. The largest absolute Gasteiger partial charge is 0.741 e. The van der Waals surface area contributed by atoms with Crippen molar-refractivity contribution >= 4 is 54.3 Å². The number of para-hydroxylation sites is 1. The van der Waals surface area contributed by atoms with Crippen molar-refractivity contribution in [3.05, 3.63) is 277 Å². The van der Waals surface area contributed by atoms with Crippen LogP contribution in [0.5, 0.6) is 0 Å². The Morgan fingerprint density at radius 3 is 1.36 bits per heavy atom. The fourth-order valence-corrected chi connectivity index (χ4v) is 12.0. The van der Waals surface area contributed by atoms with E-state index in [1.807, 2.05) is 86.9 Å². The van der Waals surface area contributed by atoms with E-state index in [9.17, 15) is 13.2 Å². The zero-order valence-electron chi connectivity index (χ0n) is 62.0. The van der Waals surface area contributed by atoms with Crippen LogP contribution in [0.4, 0.5) is 13.2 Å². The second-order valence-electron chi connectivity index (χ2n) is 23.5. The molecule has 2 N–H and O–H groups in total. The maximum absolute atomic E-state index is 10.7. The van der Waals surface area contributed by atoms with Crippen molar-refractivity contribution in [3.8, 4) is 67.3 Å². The molecule has 19 heteroatoms. The smallest absolute Gasteiger partial charge is 0.485 e. The van der Waals surface area contributed by atoms with Gasteiger partial charge in [-0.3, -0.25) is 4.98 Å². The number of nitrogens with zero attached hydrogens (tertiary/aromatic N) is 6. The summed E-state index contributed by atoms with van der Waals surface area (Å²) in [5, 5.41) is 18.2. The Balaban J connectivity index is 0.000000178. The number of rotatable bonds is 8. The molecule has 0 amide bonds. The minimum absolute atomic E-state index is 0. The minimum Gasteiger partial charge on any atom is -0.741 e. The second kappa shape index (κ2) is 37.1. The van der Waals surface area contributed by atoms with Crippen molar-refractivity contribution in [2.24, 2.45) is 0 Å². The number of furan rings is 2. The molecule has 0 unspecified atom stereocenters. The Morgan fingerprint density at radius 2 is 0.931 bits per heavy atom. The average molecular weight is 1750 g/mol. The van der Waals surface area contributed by atoms with Gasteiger partial charge in [0.2, 0.25) is 11.4 Å². The average Bonchev–Trinajstić information content (AvgIpc) is 1.61. The van der Waals surface area contributed by atoms with Gasteiger partial charge in [-0.2, -0.15) is 13.2 Å². The van der Waals surface area contributed by atoms with Crippen LogP contribution in [-0.4, -0.2) is 72.8 Å². The molecule has 0 atom stereocenters. The summed E-state index contributed by atoms with van der Waals surface area (Å²) >= 11 is 0. The number of aliphatic hydroxyl groups is 2. The van der Waals surface area contributed by atoms with Gasteiger partial charge >= 0.3 is 5.51 Å². The monoisotopic (exact) mass is 1750 g/mol. The van der Waals surface area contributed by atoms with E-state index in [1.54, 1.807) is 36.4 Å². The van der Waals surface area contributed by atoms with E-state index < -0.39 is 29.3 Å². The Bertz CT molecular complexity index is 5020. The number of alkyl halides is 3. The number of aromatic nitrogens is 6. The Labute approximate surface area is 628 Å². The first-order valence-corrected chi connectivity index (χ1v) is 33.7. The summed E-state index contributed by atoms with van der Waals surface area (Å²) in [5.41, 5.74) is 14.3. The molecule has 2 fully saturated rings. The molecule has 8 heterocycles. The van der Waals surface area contributed by atoms with Gasteiger partial charge in [0.25, 0.3) is 0 Å². The maximum Gasteiger partial charge on any atom is 0.485 e. The van der Waals surface area contributed by atoms with Gasteiger partial charge in [0.1, 0.15) is 5.58 Å². The molecule has 528 valence electrons. The van der Waals surface area contributed by atoms with E-state index in [-0.39, 0.29) is 51.3 Å². The summed E-state index contributed by atoms with van der Waals surface area (Å²) in [7, 11) is -4.09. The second-order valence-corrected chi connectivity index (χ2v) is 24.8. The maximum atomic E-state index is 10.7. The van der Waals surface area contributed by atoms with Gasteiger partial charge in [-0.25, -0.2) is 18.4 Å². The van der Waals surface area contributed by atoms with Gasteiger partial charge in [0.05, 0.1) is 11.3 Å². The molecular formula is C83H75F3Ir2N6O7S-4. The standard InChI is InChI=1S/C28H24N2O.C28H23N2O.2C12H10N.CHF3O3S.2CH4O.2Ir/c2*1-18-9-14-24-23-7-4-8-25(27(23)31-28(24)30-18)26-17-22(15-16-29-26)21-12-10-20(11-13-21)19-5-2-3-6-19;2*1-10-7-8-12(13-9-10)11-5-3-2-4-6-11;2-1(3,4)8(5,6)7;2*1-2;;/h4,7-17,19H,2-3,5-6H2,1H3;4,7,9-17,19H,2-3,5-6H2,1H3;2*2-5,7-9H,1H3;(H,5,6,7);2*2H,1H3;;/q;3*-1;;;;;/p-1/i;;2*1D3;;;;;. The Kier molecular flexibility index (Phi) is 25.4. The molecule has 0 bridgehead atoms. The minimum atomic E-state index is -6.09. The molecule has 0 saturated heterocycles. The van der Waals surface area contributed by atoms with E-state index in [4.69, 9.17) is 40.2 Å². The first-order chi connectivity index (χ1) is 50.9. The fourth-order valence-electron chi connectivity index (χ4n) is 12.0. The van der Waals surface area contributed by atoms with Crippen LogP contribution in [0.1, 0.15) is 105 Å². The quantitative estimate of drug-likeness (QED) is 0.0827. The number of halogens is 3. The molecule has 6 aromatic carbocycles. The van der Waals surface area contributed by atoms with E-state index in [1.165, 1.54) is 91.6 Å². The van der Waals surface area contributed by atoms with Gasteiger partial charge < -0.3 is 38.6 Å². The summed E-state index contributed by atoms with van der Waals surface area (Å²) in [6.45, 7) is -0.225. The van der Waals surface area contributed by atoms with Crippen LogP contribution in [0.3, 0.4) is 0 Å². The number of aliphatic hydroxyl groups excluding tert-OH is 2. The van der Waals surface area contributed by atoms with Crippen LogP contribution in [0.2, 0.25) is 0 Å². The van der Waals surface area contributed by atoms with Crippen LogP contribution in [-0.2, 0) is 50.3 Å². The summed E-state index contributed by atoms with van der Waals surface area (Å²) in [6, 6.07) is 75.9. The van der Waals surface area contributed by atoms with Gasteiger partial charge in [-0.05, 0) is 175 Å². The third kappa shape index (κ3) is 19.9. The topological polar surface area (TPSA) is 201 Å². The third-order valence-corrected chi connectivity index (χ3v) is 17.5. The number of pyridine rings is 6. The summed E-state index contributed by atoms with van der Waals surface area (Å²) in [6.07, 6.45) is 17.3. The van der Waals surface area contributed by atoms with E-state index >= 15 is 0 Å². The number of hydrogen-bond donors (Lipinski definition) is 2. The molecule has 102 heavy (non-hydrogen) atoms. The van der Waals surface area contributed by atoms with Crippen LogP contribution < -0.4 is 0 Å². The van der Waals surface area contributed by atoms with Crippen molar-refractivity contribution in [1.82, 2.24) is 29.9 Å². The van der Waals surface area contributed by atoms with Crippen molar-refractivity contribution in [2.75, 3.05) is 14.2 Å². The Hall–Kier alpha value is -9.26. The van der Waals surface area contributed by atoms with Gasteiger partial charge in [-0.1, -0.05) is 128 Å². The molecular weight excluding hydrogens is 1670 g/mol. The van der Waals surface area contributed by atoms with Gasteiger partial charge in [0, 0.05) is 121 Å². The van der Waals surface area contributed by atoms with E-state index in [0.29, 0.717) is 11.4 Å². The molecule has 2 radical (unpaired) electrons. The van der Waals surface area contributed by atoms with Gasteiger partial charge in [0.15, 0.2) is 10.1 Å². The zero-order chi connectivity index (χ0) is 75.8. The van der Waals surface area contributed by atoms with Crippen molar-refractivity contribution in [2.45, 2.75) is 96.3 Å². The predicted octanol–water partition coefficient (Wildman–Crippen LogP) is 20.1. The van der Waals surface area contributed by atoms with E-state index in [0.717, 1.165) is 121 Å². The molecule has 13 nitrogen and oxygen atoms in total. The molecule has 14 aromatic rings. The summed E-state index contributed by atoms with van der Waals surface area (Å²) in [5.74, 6) is 1.48. The molecule has 2 aliphatic rings.